The standard InChI is InChI=1S/C16H31NO3/c1-6-7-16(14(18)19)8-10-17(11-9-16)13(2)12-15(3,4)20-5/h13H,6-12H2,1-5H3,(H,18,19). The third-order valence-electron chi connectivity index (χ3n) is 4.90. The molecule has 0 aromatic rings. The first-order valence-electron chi connectivity index (χ1n) is 7.79. The summed E-state index contributed by atoms with van der Waals surface area (Å²) in [6, 6.07) is 0.429. The van der Waals surface area contributed by atoms with Gasteiger partial charge in [-0.1, -0.05) is 13.3 Å². The molecule has 0 spiro atoms. The zero-order chi connectivity index (χ0) is 15.4. The molecule has 118 valence electrons. The van der Waals surface area contributed by atoms with Crippen molar-refractivity contribution in [2.75, 3.05) is 20.2 Å². The number of aliphatic carboxylic acids is 1. The second-order valence-corrected chi connectivity index (χ2v) is 6.89. The highest BCUT2D eigenvalue weighted by molar-refractivity contribution is 5.74. The summed E-state index contributed by atoms with van der Waals surface area (Å²) in [4.78, 5) is 14.0. The average Bonchev–Trinajstić information content (AvgIpc) is 2.39. The molecule has 1 fully saturated rings. The number of ether oxygens (including phenoxy) is 1. The summed E-state index contributed by atoms with van der Waals surface area (Å²) in [5.74, 6) is -0.608. The van der Waals surface area contributed by atoms with Gasteiger partial charge in [-0.3, -0.25) is 4.79 Å². The van der Waals surface area contributed by atoms with Crippen molar-refractivity contribution < 1.29 is 14.6 Å². The Morgan fingerprint density at radius 3 is 2.35 bits per heavy atom. The van der Waals surface area contributed by atoms with Crippen LogP contribution in [0.25, 0.3) is 0 Å². The minimum absolute atomic E-state index is 0.121. The lowest BCUT2D eigenvalue weighted by atomic mass is 9.74. The maximum atomic E-state index is 11.6. The summed E-state index contributed by atoms with van der Waals surface area (Å²) < 4.78 is 5.50. The first kappa shape index (κ1) is 17.4. The predicted octanol–water partition coefficient (Wildman–Crippen LogP) is 3.16. The number of nitrogens with zero attached hydrogens (tertiary/aromatic N) is 1. The Kier molecular flexibility index (Phi) is 6.02. The number of hydrogen-bond acceptors (Lipinski definition) is 3. The Hall–Kier alpha value is -0.610. The maximum Gasteiger partial charge on any atom is 0.309 e. The van der Waals surface area contributed by atoms with Gasteiger partial charge in [0.05, 0.1) is 11.0 Å². The predicted molar refractivity (Wildman–Crippen MR) is 81.0 cm³/mol. The molecule has 1 N–H and O–H groups in total. The molecule has 1 aliphatic heterocycles. The Morgan fingerprint density at radius 1 is 1.40 bits per heavy atom. The molecule has 1 atom stereocenters. The molecule has 0 aliphatic carbocycles. The van der Waals surface area contributed by atoms with Crippen LogP contribution in [0.3, 0.4) is 0 Å². The lowest BCUT2D eigenvalue weighted by molar-refractivity contribution is -0.153. The molecule has 1 unspecified atom stereocenters. The summed E-state index contributed by atoms with van der Waals surface area (Å²) in [5, 5.41) is 9.53. The van der Waals surface area contributed by atoms with Gasteiger partial charge < -0.3 is 14.7 Å². The van der Waals surface area contributed by atoms with E-state index >= 15 is 0 Å². The first-order valence-corrected chi connectivity index (χ1v) is 7.79. The molecule has 0 aromatic heterocycles. The van der Waals surface area contributed by atoms with Crippen LogP contribution in [0.1, 0.15) is 59.8 Å². The lowest BCUT2D eigenvalue weighted by Gasteiger charge is -2.42. The van der Waals surface area contributed by atoms with E-state index in [2.05, 4.69) is 32.6 Å². The van der Waals surface area contributed by atoms with E-state index in [4.69, 9.17) is 4.74 Å². The average molecular weight is 285 g/mol. The van der Waals surface area contributed by atoms with Crippen LogP contribution in [0.2, 0.25) is 0 Å². The van der Waals surface area contributed by atoms with Crippen LogP contribution in [0.15, 0.2) is 0 Å². The molecular weight excluding hydrogens is 254 g/mol. The van der Waals surface area contributed by atoms with E-state index in [1.54, 1.807) is 7.11 Å². The lowest BCUT2D eigenvalue weighted by Crippen LogP contribution is -2.48. The Balaban J connectivity index is 2.58. The summed E-state index contributed by atoms with van der Waals surface area (Å²) in [7, 11) is 1.75. The van der Waals surface area contributed by atoms with Gasteiger partial charge in [0.2, 0.25) is 0 Å². The van der Waals surface area contributed by atoms with Gasteiger partial charge in [0, 0.05) is 13.2 Å². The molecule has 0 amide bonds. The first-order chi connectivity index (χ1) is 9.26. The largest absolute Gasteiger partial charge is 0.481 e. The van der Waals surface area contributed by atoms with E-state index in [0.717, 1.165) is 45.2 Å². The molecule has 1 heterocycles. The van der Waals surface area contributed by atoms with Gasteiger partial charge in [-0.15, -0.1) is 0 Å². The van der Waals surface area contributed by atoms with Crippen LogP contribution >= 0.6 is 0 Å². The summed E-state index contributed by atoms with van der Waals surface area (Å²) in [6.07, 6.45) is 4.26. The smallest absolute Gasteiger partial charge is 0.309 e. The van der Waals surface area contributed by atoms with Crippen LogP contribution in [0, 0.1) is 5.41 Å². The van der Waals surface area contributed by atoms with Gasteiger partial charge in [-0.25, -0.2) is 0 Å². The number of carbonyl (C=O) groups is 1. The highest BCUT2D eigenvalue weighted by atomic mass is 16.5. The zero-order valence-electron chi connectivity index (χ0n) is 13.7. The molecule has 1 rings (SSSR count). The van der Waals surface area contributed by atoms with Crippen molar-refractivity contribution in [1.82, 2.24) is 4.90 Å². The summed E-state index contributed by atoms with van der Waals surface area (Å²) in [5.41, 5.74) is -0.605. The fraction of sp³-hybridized carbons (Fsp3) is 0.938. The minimum atomic E-state index is -0.608. The molecule has 1 saturated heterocycles. The quantitative estimate of drug-likeness (QED) is 0.780. The molecule has 0 aromatic carbocycles. The van der Waals surface area contributed by atoms with E-state index < -0.39 is 11.4 Å². The van der Waals surface area contributed by atoms with Crippen molar-refractivity contribution in [3.05, 3.63) is 0 Å². The van der Waals surface area contributed by atoms with Crippen molar-refractivity contribution >= 4 is 5.97 Å². The fourth-order valence-electron chi connectivity index (χ4n) is 3.37. The van der Waals surface area contributed by atoms with Crippen LogP contribution in [0.4, 0.5) is 0 Å². The highest BCUT2D eigenvalue weighted by Gasteiger charge is 2.41. The molecule has 0 bridgehead atoms. The normalized spacial score (nSPS) is 21.6. The van der Waals surface area contributed by atoms with Crippen molar-refractivity contribution in [3.8, 4) is 0 Å². The monoisotopic (exact) mass is 285 g/mol. The van der Waals surface area contributed by atoms with Gasteiger partial charge in [-0.05, 0) is 59.5 Å². The van der Waals surface area contributed by atoms with Crippen LogP contribution in [-0.4, -0.2) is 47.8 Å². The van der Waals surface area contributed by atoms with E-state index in [-0.39, 0.29) is 5.60 Å². The molecule has 4 heteroatoms. The maximum absolute atomic E-state index is 11.6. The van der Waals surface area contributed by atoms with E-state index in [0.29, 0.717) is 6.04 Å². The number of carboxylic acids is 1. The number of hydrogen-bond donors (Lipinski definition) is 1. The van der Waals surface area contributed by atoms with Gasteiger partial charge in [0.1, 0.15) is 0 Å². The van der Waals surface area contributed by atoms with Crippen LogP contribution in [-0.2, 0) is 9.53 Å². The highest BCUT2D eigenvalue weighted by Crippen LogP contribution is 2.37. The van der Waals surface area contributed by atoms with Crippen molar-refractivity contribution in [2.24, 2.45) is 5.41 Å². The van der Waals surface area contributed by atoms with Crippen molar-refractivity contribution in [3.63, 3.8) is 0 Å². The molecule has 4 nitrogen and oxygen atoms in total. The third-order valence-corrected chi connectivity index (χ3v) is 4.90. The molecule has 0 saturated carbocycles. The number of piperidine rings is 1. The number of likely N-dealkylation sites (tertiary alicyclic amines) is 1. The Morgan fingerprint density at radius 2 is 1.95 bits per heavy atom. The van der Waals surface area contributed by atoms with E-state index in [9.17, 15) is 9.90 Å². The van der Waals surface area contributed by atoms with Gasteiger partial charge in [0.25, 0.3) is 0 Å². The van der Waals surface area contributed by atoms with Crippen molar-refractivity contribution in [2.45, 2.75) is 71.4 Å². The van der Waals surface area contributed by atoms with E-state index in [1.807, 2.05) is 0 Å². The van der Waals surface area contributed by atoms with Crippen molar-refractivity contribution in [1.29, 1.82) is 0 Å². The number of carboxylic acid groups (broad SMARTS) is 1. The molecule has 0 radical (unpaired) electrons. The van der Waals surface area contributed by atoms with Gasteiger partial charge in [-0.2, -0.15) is 0 Å². The Bertz CT molecular complexity index is 320. The Labute approximate surface area is 123 Å². The second kappa shape index (κ2) is 6.90. The third kappa shape index (κ3) is 4.19. The molecule has 1 aliphatic rings. The summed E-state index contributed by atoms with van der Waals surface area (Å²) in [6.45, 7) is 10.3. The van der Waals surface area contributed by atoms with Gasteiger partial charge in [0.15, 0.2) is 0 Å². The minimum Gasteiger partial charge on any atom is -0.481 e. The fourth-order valence-corrected chi connectivity index (χ4v) is 3.37. The topological polar surface area (TPSA) is 49.8 Å². The van der Waals surface area contributed by atoms with Crippen LogP contribution < -0.4 is 0 Å². The molecular formula is C16H31NO3. The zero-order valence-corrected chi connectivity index (χ0v) is 13.7. The SMILES string of the molecule is CCCC1(C(=O)O)CCN(C(C)CC(C)(C)OC)CC1. The molecule has 20 heavy (non-hydrogen) atoms. The number of methoxy groups -OCH3 is 1. The summed E-state index contributed by atoms with van der Waals surface area (Å²) >= 11 is 0. The van der Waals surface area contributed by atoms with Gasteiger partial charge >= 0.3 is 5.97 Å². The van der Waals surface area contributed by atoms with Crippen LogP contribution in [0.5, 0.6) is 0 Å². The number of rotatable bonds is 7. The second-order valence-electron chi connectivity index (χ2n) is 6.89. The van der Waals surface area contributed by atoms with E-state index in [1.165, 1.54) is 0 Å².